The molecule has 3 rings (SSSR count). The predicted molar refractivity (Wildman–Crippen MR) is 96.8 cm³/mol. The number of aromatic nitrogens is 4. The van der Waals surface area contributed by atoms with E-state index < -0.39 is 0 Å². The van der Waals surface area contributed by atoms with Crippen molar-refractivity contribution in [1.82, 2.24) is 19.8 Å². The molecule has 2 aromatic carbocycles. The van der Waals surface area contributed by atoms with Crippen LogP contribution in [0.2, 0.25) is 0 Å². The molecule has 6 heteroatoms. The number of hydrogen-bond acceptors (Lipinski definition) is 4. The van der Waals surface area contributed by atoms with E-state index in [0.717, 1.165) is 28.0 Å². The molecule has 0 fully saturated rings. The highest BCUT2D eigenvalue weighted by Gasteiger charge is 2.16. The van der Waals surface area contributed by atoms with Crippen molar-refractivity contribution in [3.05, 3.63) is 76.2 Å². The van der Waals surface area contributed by atoms with Gasteiger partial charge in [0, 0.05) is 12.6 Å². The Bertz CT molecular complexity index is 985. The topological polar surface area (TPSA) is 61.9 Å². The largest absolute Gasteiger partial charge is 0.489 e. The van der Waals surface area contributed by atoms with Gasteiger partial charge in [0.15, 0.2) is 0 Å². The van der Waals surface area contributed by atoms with Crippen LogP contribution in [0.25, 0.3) is 11.3 Å². The molecule has 0 unspecified atom stereocenters. The number of allylic oxidation sites excluding steroid dienone is 1. The van der Waals surface area contributed by atoms with Gasteiger partial charge in [-0.25, -0.2) is 4.79 Å². The molecular weight excluding hydrogens is 316 g/mol. The van der Waals surface area contributed by atoms with E-state index in [1.165, 1.54) is 9.36 Å². The molecule has 0 saturated carbocycles. The second-order valence-corrected chi connectivity index (χ2v) is 5.93. The minimum Gasteiger partial charge on any atom is -0.489 e. The molecule has 0 aliphatic rings. The monoisotopic (exact) mass is 336 g/mol. The molecule has 1 aromatic heterocycles. The van der Waals surface area contributed by atoms with Crippen LogP contribution in [0.5, 0.6) is 5.75 Å². The first-order valence-electron chi connectivity index (χ1n) is 7.94. The first-order valence-corrected chi connectivity index (χ1v) is 7.94. The molecule has 3 aromatic rings. The number of aryl methyl sites for hydroxylation is 2. The fourth-order valence-electron chi connectivity index (χ4n) is 2.66. The summed E-state index contributed by atoms with van der Waals surface area (Å²) in [6.45, 7) is 8.26. The number of ether oxygens (including phenoxy) is 1. The van der Waals surface area contributed by atoms with Crippen molar-refractivity contribution >= 4 is 5.57 Å². The van der Waals surface area contributed by atoms with Gasteiger partial charge in [-0.1, -0.05) is 42.5 Å². The second kappa shape index (κ2) is 6.76. The van der Waals surface area contributed by atoms with Crippen LogP contribution in [-0.4, -0.2) is 19.8 Å². The van der Waals surface area contributed by atoms with Crippen LogP contribution in [0.3, 0.4) is 0 Å². The second-order valence-electron chi connectivity index (χ2n) is 5.93. The Morgan fingerprint density at radius 2 is 1.92 bits per heavy atom. The minimum absolute atomic E-state index is 0.298. The average molecular weight is 336 g/mol. The van der Waals surface area contributed by atoms with Crippen molar-refractivity contribution in [1.29, 1.82) is 0 Å². The van der Waals surface area contributed by atoms with Crippen molar-refractivity contribution in [3.8, 4) is 11.4 Å². The summed E-state index contributed by atoms with van der Waals surface area (Å²) < 4.78 is 8.49. The normalized spacial score (nSPS) is 10.7. The lowest BCUT2D eigenvalue weighted by Crippen LogP contribution is -2.23. The highest BCUT2D eigenvalue weighted by Crippen LogP contribution is 2.26. The summed E-state index contributed by atoms with van der Waals surface area (Å²) in [7, 11) is 1.57. The number of para-hydroxylation sites is 1. The van der Waals surface area contributed by atoms with Crippen LogP contribution in [0.4, 0.5) is 0 Å². The van der Waals surface area contributed by atoms with E-state index in [0.29, 0.717) is 12.3 Å². The van der Waals surface area contributed by atoms with Crippen LogP contribution >= 0.6 is 0 Å². The first-order chi connectivity index (χ1) is 12.0. The van der Waals surface area contributed by atoms with Crippen LogP contribution < -0.4 is 10.4 Å². The van der Waals surface area contributed by atoms with Gasteiger partial charge in [-0.15, -0.1) is 0 Å². The van der Waals surface area contributed by atoms with Crippen molar-refractivity contribution < 1.29 is 4.74 Å². The molecule has 0 atom stereocenters. The Labute approximate surface area is 146 Å². The summed E-state index contributed by atoms with van der Waals surface area (Å²) in [5.74, 6) is 0.802. The van der Waals surface area contributed by atoms with Gasteiger partial charge in [0.2, 0.25) is 0 Å². The Morgan fingerprint density at radius 3 is 2.56 bits per heavy atom. The third kappa shape index (κ3) is 3.24. The maximum atomic E-state index is 12.3. The molecule has 0 bridgehead atoms. The van der Waals surface area contributed by atoms with Gasteiger partial charge in [0.25, 0.3) is 0 Å². The van der Waals surface area contributed by atoms with Gasteiger partial charge < -0.3 is 4.74 Å². The lowest BCUT2D eigenvalue weighted by atomic mass is 10.0. The Kier molecular flexibility index (Phi) is 4.52. The zero-order valence-electron chi connectivity index (χ0n) is 14.6. The molecule has 0 aliphatic heterocycles. The fraction of sp³-hybridized carbons (Fsp3) is 0.211. The van der Waals surface area contributed by atoms with Crippen LogP contribution in [0.15, 0.2) is 53.8 Å². The smallest absolute Gasteiger partial charge is 0.368 e. The van der Waals surface area contributed by atoms with Crippen LogP contribution in [-0.2, 0) is 13.7 Å². The molecule has 128 valence electrons. The van der Waals surface area contributed by atoms with Crippen molar-refractivity contribution in [2.24, 2.45) is 7.05 Å². The summed E-state index contributed by atoms with van der Waals surface area (Å²) in [5.41, 5.74) is 4.06. The summed E-state index contributed by atoms with van der Waals surface area (Å²) in [6.07, 6.45) is 0. The fourth-order valence-corrected chi connectivity index (χ4v) is 2.66. The zero-order chi connectivity index (χ0) is 18.0. The molecule has 25 heavy (non-hydrogen) atoms. The SMILES string of the molecule is C=C(C)c1cccc(-n2nnn(C)c2=O)c1COc1ccccc1C. The van der Waals surface area contributed by atoms with Crippen LogP contribution in [0, 0.1) is 6.92 Å². The molecule has 0 N–H and O–H groups in total. The van der Waals surface area contributed by atoms with Gasteiger partial charge >= 0.3 is 5.69 Å². The van der Waals surface area contributed by atoms with E-state index in [2.05, 4.69) is 17.0 Å². The lowest BCUT2D eigenvalue weighted by molar-refractivity contribution is 0.303. The maximum absolute atomic E-state index is 12.3. The van der Waals surface area contributed by atoms with Crippen molar-refractivity contribution in [3.63, 3.8) is 0 Å². The molecule has 6 nitrogen and oxygen atoms in total. The number of tetrazole rings is 1. The Morgan fingerprint density at radius 1 is 1.16 bits per heavy atom. The lowest BCUT2D eigenvalue weighted by Gasteiger charge is -2.16. The van der Waals surface area contributed by atoms with Gasteiger partial charge in [0.05, 0.1) is 5.69 Å². The average Bonchev–Trinajstić information content (AvgIpc) is 2.93. The number of benzene rings is 2. The standard InChI is InChI=1S/C19H20N4O2/c1-13(2)15-9-7-10-17(23-19(24)22(4)20-21-23)16(15)12-25-18-11-6-5-8-14(18)3/h5-11H,1,12H2,2-4H3. The number of hydrogen-bond donors (Lipinski definition) is 0. The molecule has 0 saturated heterocycles. The summed E-state index contributed by atoms with van der Waals surface area (Å²) >= 11 is 0. The van der Waals surface area contributed by atoms with E-state index in [-0.39, 0.29) is 5.69 Å². The maximum Gasteiger partial charge on any atom is 0.368 e. The molecular formula is C19H20N4O2. The third-order valence-corrected chi connectivity index (χ3v) is 4.03. The predicted octanol–water partition coefficient (Wildman–Crippen LogP) is 2.89. The summed E-state index contributed by atoms with van der Waals surface area (Å²) in [5, 5.41) is 7.75. The summed E-state index contributed by atoms with van der Waals surface area (Å²) in [4.78, 5) is 12.3. The third-order valence-electron chi connectivity index (χ3n) is 4.03. The van der Waals surface area contributed by atoms with Crippen LogP contribution in [0.1, 0.15) is 23.6 Å². The van der Waals surface area contributed by atoms with E-state index in [1.54, 1.807) is 7.05 Å². The van der Waals surface area contributed by atoms with E-state index in [1.807, 2.05) is 56.3 Å². The summed E-state index contributed by atoms with van der Waals surface area (Å²) in [6, 6.07) is 13.5. The highest BCUT2D eigenvalue weighted by atomic mass is 16.5. The molecule has 0 aliphatic carbocycles. The van der Waals surface area contributed by atoms with E-state index in [9.17, 15) is 4.79 Å². The van der Waals surface area contributed by atoms with Gasteiger partial charge in [-0.3, -0.25) is 0 Å². The van der Waals surface area contributed by atoms with Crippen molar-refractivity contribution in [2.75, 3.05) is 0 Å². The highest BCUT2D eigenvalue weighted by molar-refractivity contribution is 5.68. The molecule has 0 radical (unpaired) electrons. The van der Waals surface area contributed by atoms with Gasteiger partial charge in [-0.05, 0) is 47.5 Å². The molecule has 1 heterocycles. The molecule has 0 amide bonds. The quantitative estimate of drug-likeness (QED) is 0.719. The molecule has 0 spiro atoms. The number of rotatable bonds is 5. The minimum atomic E-state index is -0.309. The van der Waals surface area contributed by atoms with Gasteiger partial charge in [0.1, 0.15) is 12.4 Å². The Balaban J connectivity index is 2.07. The first kappa shape index (κ1) is 16.7. The number of nitrogens with zero attached hydrogens (tertiary/aromatic N) is 4. The van der Waals surface area contributed by atoms with E-state index >= 15 is 0 Å². The van der Waals surface area contributed by atoms with E-state index in [4.69, 9.17) is 4.74 Å². The zero-order valence-corrected chi connectivity index (χ0v) is 14.6. The van der Waals surface area contributed by atoms with Crippen molar-refractivity contribution in [2.45, 2.75) is 20.5 Å². The van der Waals surface area contributed by atoms with Gasteiger partial charge in [-0.2, -0.15) is 9.36 Å². The Hall–Kier alpha value is -3.15.